The first kappa shape index (κ1) is 24.8. The van der Waals surface area contributed by atoms with E-state index in [0.29, 0.717) is 35.5 Å². The molecule has 29 heavy (non-hydrogen) atoms. The predicted octanol–water partition coefficient (Wildman–Crippen LogP) is 4.34. The van der Waals surface area contributed by atoms with Crippen LogP contribution >= 0.6 is 22.6 Å². The van der Waals surface area contributed by atoms with Gasteiger partial charge in [-0.2, -0.15) is 0 Å². The molecule has 0 aromatic heterocycles. The molecular formula is C23H37IO5. The first-order chi connectivity index (χ1) is 13.8. The van der Waals surface area contributed by atoms with Crippen molar-refractivity contribution in [2.45, 2.75) is 92.5 Å². The molecule has 1 aliphatic carbocycles. The van der Waals surface area contributed by atoms with E-state index in [9.17, 15) is 15.0 Å². The zero-order chi connectivity index (χ0) is 21.4. The maximum atomic E-state index is 11.3. The highest BCUT2D eigenvalue weighted by molar-refractivity contribution is 14.1. The average Bonchev–Trinajstić information content (AvgIpc) is 3.24. The number of methoxy groups -OCH3 is 1. The van der Waals surface area contributed by atoms with Crippen molar-refractivity contribution in [3.05, 3.63) is 24.8 Å². The van der Waals surface area contributed by atoms with E-state index in [2.05, 4.69) is 42.2 Å². The van der Waals surface area contributed by atoms with Crippen molar-refractivity contribution in [3.8, 4) is 0 Å². The molecule has 2 fully saturated rings. The third-order valence-corrected chi connectivity index (χ3v) is 7.83. The maximum Gasteiger partial charge on any atom is 0.305 e. The van der Waals surface area contributed by atoms with Gasteiger partial charge in [0.15, 0.2) is 0 Å². The molecule has 2 aliphatic rings. The van der Waals surface area contributed by atoms with Gasteiger partial charge in [-0.3, -0.25) is 4.79 Å². The predicted molar refractivity (Wildman–Crippen MR) is 123 cm³/mol. The summed E-state index contributed by atoms with van der Waals surface area (Å²) in [5.41, 5.74) is -0.864. The van der Waals surface area contributed by atoms with Crippen molar-refractivity contribution in [1.82, 2.24) is 0 Å². The molecule has 166 valence electrons. The number of fused-ring (bicyclic) bond motifs is 1. The molecule has 1 heterocycles. The number of hydrogen-bond acceptors (Lipinski definition) is 5. The summed E-state index contributed by atoms with van der Waals surface area (Å²) in [6.45, 7) is 5.90. The Hall–Kier alpha value is -0.440. The number of carbonyl (C=O) groups excluding carboxylic acids is 1. The minimum atomic E-state index is -0.864. The van der Waals surface area contributed by atoms with Gasteiger partial charge in [-0.05, 0) is 38.0 Å². The standard InChI is InChI=1S/C23H37IO5/c1-4-6-12-23(27,5-2)13-8-9-16-17-14-21(29-20(17)15-19(16)25)18(24)10-7-11-22(26)28-3/h5,8-9,16-21,25,27H,2,4,6-7,10-15H2,1,3H3/b9-8+/t16-,17-,18?,19-,20+,21?,23?/m1/s1. The minimum absolute atomic E-state index is 0.0731. The van der Waals surface area contributed by atoms with Crippen LogP contribution < -0.4 is 0 Å². The van der Waals surface area contributed by atoms with Crippen LogP contribution in [0.4, 0.5) is 0 Å². The van der Waals surface area contributed by atoms with E-state index in [-0.39, 0.29) is 30.2 Å². The second-order valence-electron chi connectivity index (χ2n) is 8.52. The summed E-state index contributed by atoms with van der Waals surface area (Å²) in [4.78, 5) is 11.3. The van der Waals surface area contributed by atoms with Crippen LogP contribution in [0.2, 0.25) is 0 Å². The number of hydrogen-bond donors (Lipinski definition) is 2. The number of esters is 1. The summed E-state index contributed by atoms with van der Waals surface area (Å²) < 4.78 is 11.3. The number of alkyl halides is 1. The van der Waals surface area contributed by atoms with Crippen molar-refractivity contribution in [3.63, 3.8) is 0 Å². The van der Waals surface area contributed by atoms with Gasteiger partial charge in [0, 0.05) is 22.7 Å². The summed E-state index contributed by atoms with van der Waals surface area (Å²) >= 11 is 2.43. The number of aliphatic hydroxyl groups excluding tert-OH is 1. The van der Waals surface area contributed by atoms with E-state index in [1.165, 1.54) is 7.11 Å². The van der Waals surface area contributed by atoms with Crippen molar-refractivity contribution in [2.75, 3.05) is 7.11 Å². The van der Waals surface area contributed by atoms with Gasteiger partial charge < -0.3 is 19.7 Å². The van der Waals surface area contributed by atoms with Crippen LogP contribution in [0.1, 0.15) is 64.7 Å². The Kier molecular flexibility index (Phi) is 10.1. The monoisotopic (exact) mass is 520 g/mol. The lowest BCUT2D eigenvalue weighted by Gasteiger charge is -2.23. The van der Waals surface area contributed by atoms with Gasteiger partial charge in [-0.1, -0.05) is 60.6 Å². The Labute approximate surface area is 189 Å². The molecule has 2 N–H and O–H groups in total. The van der Waals surface area contributed by atoms with E-state index in [1.807, 2.05) is 6.08 Å². The lowest BCUT2D eigenvalue weighted by molar-refractivity contribution is -0.140. The third kappa shape index (κ3) is 7.04. The van der Waals surface area contributed by atoms with Crippen molar-refractivity contribution in [1.29, 1.82) is 0 Å². The van der Waals surface area contributed by atoms with E-state index >= 15 is 0 Å². The number of halogens is 1. The van der Waals surface area contributed by atoms with Gasteiger partial charge in [0.05, 0.1) is 31.0 Å². The van der Waals surface area contributed by atoms with Crippen molar-refractivity contribution in [2.24, 2.45) is 11.8 Å². The molecule has 6 heteroatoms. The van der Waals surface area contributed by atoms with Crippen LogP contribution in [-0.4, -0.2) is 51.1 Å². The van der Waals surface area contributed by atoms with Gasteiger partial charge in [0.2, 0.25) is 0 Å². The molecule has 0 spiro atoms. The Morgan fingerprint density at radius 2 is 2.17 bits per heavy atom. The van der Waals surface area contributed by atoms with Crippen LogP contribution in [0.15, 0.2) is 24.8 Å². The lowest BCUT2D eigenvalue weighted by Crippen LogP contribution is -2.25. The highest BCUT2D eigenvalue weighted by atomic mass is 127. The van der Waals surface area contributed by atoms with E-state index < -0.39 is 5.60 Å². The van der Waals surface area contributed by atoms with Crippen molar-refractivity contribution >= 4 is 28.6 Å². The zero-order valence-electron chi connectivity index (χ0n) is 17.8. The normalized spacial score (nSPS) is 32.1. The first-order valence-electron chi connectivity index (χ1n) is 10.9. The van der Waals surface area contributed by atoms with E-state index in [1.54, 1.807) is 6.08 Å². The number of carbonyl (C=O) groups is 1. The molecule has 0 bridgehead atoms. The van der Waals surface area contributed by atoms with Gasteiger partial charge >= 0.3 is 5.97 Å². The number of ether oxygens (including phenoxy) is 2. The summed E-state index contributed by atoms with van der Waals surface area (Å²) in [7, 11) is 1.42. The van der Waals surface area contributed by atoms with Crippen molar-refractivity contribution < 1.29 is 24.5 Å². The van der Waals surface area contributed by atoms with Gasteiger partial charge in [-0.25, -0.2) is 0 Å². The summed E-state index contributed by atoms with van der Waals surface area (Å²) in [6, 6.07) is 0. The topological polar surface area (TPSA) is 76.0 Å². The van der Waals surface area contributed by atoms with Crippen LogP contribution in [0.25, 0.3) is 0 Å². The number of unbranched alkanes of at least 4 members (excludes halogenated alkanes) is 1. The van der Waals surface area contributed by atoms with Crippen LogP contribution in [-0.2, 0) is 14.3 Å². The minimum Gasteiger partial charge on any atom is -0.469 e. The molecular weight excluding hydrogens is 483 g/mol. The molecule has 0 radical (unpaired) electrons. The molecule has 1 saturated heterocycles. The highest BCUT2D eigenvalue weighted by Crippen LogP contribution is 2.46. The molecule has 7 atom stereocenters. The molecule has 3 unspecified atom stereocenters. The summed E-state index contributed by atoms with van der Waals surface area (Å²) in [6.07, 6.45) is 12.7. The SMILES string of the molecule is C=CC(O)(C/C=C/[C@@H]1[C@H]2CC(C(I)CCCC(=O)OC)O[C@H]2C[C@H]1O)CCCC. The van der Waals surface area contributed by atoms with Gasteiger partial charge in [0.1, 0.15) is 0 Å². The Balaban J connectivity index is 1.87. The number of rotatable bonds is 12. The maximum absolute atomic E-state index is 11.3. The molecule has 0 aromatic rings. The fourth-order valence-electron chi connectivity index (χ4n) is 4.55. The molecule has 2 rings (SSSR count). The van der Waals surface area contributed by atoms with Crippen LogP contribution in [0.5, 0.6) is 0 Å². The quantitative estimate of drug-likeness (QED) is 0.173. The second-order valence-corrected chi connectivity index (χ2v) is 10.1. The fourth-order valence-corrected chi connectivity index (χ4v) is 5.45. The lowest BCUT2D eigenvalue weighted by atomic mass is 9.87. The van der Waals surface area contributed by atoms with E-state index in [4.69, 9.17) is 9.47 Å². The fraction of sp³-hybridized carbons (Fsp3) is 0.783. The van der Waals surface area contributed by atoms with Gasteiger partial charge in [0.25, 0.3) is 0 Å². The summed E-state index contributed by atoms with van der Waals surface area (Å²) in [5, 5.41) is 21.2. The van der Waals surface area contributed by atoms with Crippen LogP contribution in [0, 0.1) is 11.8 Å². The highest BCUT2D eigenvalue weighted by Gasteiger charge is 2.49. The van der Waals surface area contributed by atoms with E-state index in [0.717, 1.165) is 32.1 Å². The molecule has 0 aromatic carbocycles. The molecule has 0 amide bonds. The summed E-state index contributed by atoms with van der Waals surface area (Å²) in [5.74, 6) is 0.227. The molecule has 1 aliphatic heterocycles. The largest absolute Gasteiger partial charge is 0.469 e. The first-order valence-corrected chi connectivity index (χ1v) is 12.1. The molecule has 5 nitrogen and oxygen atoms in total. The Morgan fingerprint density at radius 3 is 2.83 bits per heavy atom. The second kappa shape index (κ2) is 11.8. The number of aliphatic hydroxyl groups is 2. The van der Waals surface area contributed by atoms with Crippen LogP contribution in [0.3, 0.4) is 0 Å². The average molecular weight is 520 g/mol. The van der Waals surface area contributed by atoms with Gasteiger partial charge in [-0.15, -0.1) is 6.58 Å². The molecule has 1 saturated carbocycles. The third-order valence-electron chi connectivity index (χ3n) is 6.41. The Bertz CT molecular complexity index is 565. The zero-order valence-corrected chi connectivity index (χ0v) is 19.9. The Morgan fingerprint density at radius 1 is 1.41 bits per heavy atom. The smallest absolute Gasteiger partial charge is 0.305 e.